The summed E-state index contributed by atoms with van der Waals surface area (Å²) in [6.07, 6.45) is 0. The van der Waals surface area contributed by atoms with E-state index in [0.717, 1.165) is 11.2 Å². The van der Waals surface area contributed by atoms with Crippen LogP contribution in [0.3, 0.4) is 0 Å². The third-order valence-electron chi connectivity index (χ3n) is 2.30. The van der Waals surface area contributed by atoms with Crippen LogP contribution in [0.4, 0.5) is 8.78 Å². The summed E-state index contributed by atoms with van der Waals surface area (Å²) >= 11 is 0. The molecule has 16 heavy (non-hydrogen) atoms. The molecule has 0 amide bonds. The van der Waals surface area contributed by atoms with Gasteiger partial charge in [-0.1, -0.05) is 13.8 Å². The summed E-state index contributed by atoms with van der Waals surface area (Å²) in [5.41, 5.74) is 2.49. The molecular formula is C11H12F2N2O. The molecule has 0 aromatic carbocycles. The second-order valence-electron chi connectivity index (χ2n) is 3.84. The molecule has 0 radical (unpaired) electrons. The maximum atomic E-state index is 12.0. The third-order valence-corrected chi connectivity index (χ3v) is 2.30. The topological polar surface area (TPSA) is 37.9 Å². The van der Waals surface area contributed by atoms with E-state index < -0.39 is 6.61 Å². The average Bonchev–Trinajstić information content (AvgIpc) is 2.59. The van der Waals surface area contributed by atoms with Gasteiger partial charge >= 0.3 is 6.61 Å². The molecule has 3 nitrogen and oxygen atoms in total. The van der Waals surface area contributed by atoms with Gasteiger partial charge in [0.25, 0.3) is 0 Å². The van der Waals surface area contributed by atoms with E-state index in [1.807, 2.05) is 19.9 Å². The number of nitrogens with zero attached hydrogens (tertiary/aromatic N) is 1. The number of H-pyrrole nitrogens is 1. The molecule has 0 spiro atoms. The molecular weight excluding hydrogens is 214 g/mol. The Hall–Kier alpha value is -1.65. The number of aromatic nitrogens is 2. The van der Waals surface area contributed by atoms with Gasteiger partial charge in [0.2, 0.25) is 5.88 Å². The van der Waals surface area contributed by atoms with Crippen molar-refractivity contribution in [2.75, 3.05) is 0 Å². The maximum Gasteiger partial charge on any atom is 0.388 e. The molecule has 1 N–H and O–H groups in total. The summed E-state index contributed by atoms with van der Waals surface area (Å²) in [7, 11) is 0. The first kappa shape index (κ1) is 10.9. The molecule has 0 aliphatic rings. The highest BCUT2D eigenvalue weighted by Crippen LogP contribution is 2.22. The van der Waals surface area contributed by atoms with E-state index in [4.69, 9.17) is 0 Å². The molecule has 0 aliphatic carbocycles. The van der Waals surface area contributed by atoms with Crippen molar-refractivity contribution >= 4 is 11.0 Å². The van der Waals surface area contributed by atoms with Crippen molar-refractivity contribution in [3.8, 4) is 5.88 Å². The van der Waals surface area contributed by atoms with Crippen LogP contribution in [0.25, 0.3) is 11.0 Å². The zero-order chi connectivity index (χ0) is 11.7. The molecule has 0 aliphatic heterocycles. The molecule has 0 atom stereocenters. The summed E-state index contributed by atoms with van der Waals surface area (Å²) in [4.78, 5) is 7.15. The Kier molecular flexibility index (Phi) is 2.77. The molecule has 86 valence electrons. The number of fused-ring (bicyclic) bond motifs is 1. The van der Waals surface area contributed by atoms with Crippen LogP contribution in [0.5, 0.6) is 5.88 Å². The zero-order valence-electron chi connectivity index (χ0n) is 9.00. The van der Waals surface area contributed by atoms with Gasteiger partial charge in [-0.05, 0) is 18.1 Å². The lowest BCUT2D eigenvalue weighted by Gasteiger charge is -2.01. The lowest BCUT2D eigenvalue weighted by molar-refractivity contribution is -0.0526. The summed E-state index contributed by atoms with van der Waals surface area (Å²) in [5, 5.41) is 0. The molecule has 0 bridgehead atoms. The Morgan fingerprint density at radius 1 is 1.31 bits per heavy atom. The van der Waals surface area contributed by atoms with Gasteiger partial charge in [-0.25, -0.2) is 4.98 Å². The molecule has 0 unspecified atom stereocenters. The van der Waals surface area contributed by atoms with Crippen molar-refractivity contribution < 1.29 is 13.5 Å². The van der Waals surface area contributed by atoms with Gasteiger partial charge in [-0.3, -0.25) is 0 Å². The van der Waals surface area contributed by atoms with Crippen molar-refractivity contribution in [1.29, 1.82) is 0 Å². The fourth-order valence-corrected chi connectivity index (χ4v) is 1.48. The van der Waals surface area contributed by atoms with Crippen LogP contribution in [0, 0.1) is 0 Å². The van der Waals surface area contributed by atoms with Crippen LogP contribution in [0.2, 0.25) is 0 Å². The van der Waals surface area contributed by atoms with Crippen molar-refractivity contribution in [3.05, 3.63) is 23.9 Å². The Morgan fingerprint density at radius 3 is 2.69 bits per heavy atom. The lowest BCUT2D eigenvalue weighted by atomic mass is 10.1. The van der Waals surface area contributed by atoms with Gasteiger partial charge in [-0.15, -0.1) is 0 Å². The van der Waals surface area contributed by atoms with Gasteiger partial charge in [0.1, 0.15) is 0 Å². The second kappa shape index (κ2) is 4.08. The van der Waals surface area contributed by atoms with E-state index in [0.29, 0.717) is 11.4 Å². The minimum atomic E-state index is -2.84. The summed E-state index contributed by atoms with van der Waals surface area (Å²) in [6, 6.07) is 4.96. The smallest absolute Gasteiger partial charge is 0.388 e. The highest BCUT2D eigenvalue weighted by Gasteiger charge is 2.09. The normalized spacial score (nSPS) is 11.6. The van der Waals surface area contributed by atoms with E-state index in [1.54, 1.807) is 6.07 Å². The van der Waals surface area contributed by atoms with Crippen LogP contribution in [0.1, 0.15) is 25.5 Å². The predicted molar refractivity (Wildman–Crippen MR) is 56.8 cm³/mol. The van der Waals surface area contributed by atoms with E-state index in [1.165, 1.54) is 6.07 Å². The number of aromatic amines is 1. The summed E-state index contributed by atoms with van der Waals surface area (Å²) in [6.45, 7) is 1.25. The molecule has 2 aromatic rings. The molecule has 0 saturated heterocycles. The zero-order valence-corrected chi connectivity index (χ0v) is 9.00. The minimum absolute atomic E-state index is 0.0585. The first-order chi connectivity index (χ1) is 7.56. The maximum absolute atomic E-state index is 12.0. The molecule has 2 rings (SSSR count). The Balaban J connectivity index is 2.38. The van der Waals surface area contributed by atoms with Gasteiger partial charge < -0.3 is 9.72 Å². The van der Waals surface area contributed by atoms with Crippen molar-refractivity contribution in [2.45, 2.75) is 26.4 Å². The van der Waals surface area contributed by atoms with Crippen molar-refractivity contribution in [1.82, 2.24) is 9.97 Å². The molecule has 0 saturated carbocycles. The largest absolute Gasteiger partial charge is 0.417 e. The number of nitrogens with one attached hydrogen (secondary N) is 1. The standard InChI is InChI=1S/C11H12F2N2O/c1-6(2)8-5-9-7(14-8)3-4-10(15-9)16-11(12)13/h3-6,11,14H,1-2H3. The summed E-state index contributed by atoms with van der Waals surface area (Å²) in [5.74, 6) is 0.283. The van der Waals surface area contributed by atoms with Crippen LogP contribution in [-0.2, 0) is 0 Å². The van der Waals surface area contributed by atoms with E-state index in [9.17, 15) is 8.78 Å². The second-order valence-corrected chi connectivity index (χ2v) is 3.84. The molecule has 5 heteroatoms. The highest BCUT2D eigenvalue weighted by molar-refractivity contribution is 5.76. The van der Waals surface area contributed by atoms with Gasteiger partial charge in [0.15, 0.2) is 0 Å². The minimum Gasteiger partial charge on any atom is -0.417 e. The molecule has 0 fully saturated rings. The highest BCUT2D eigenvalue weighted by atomic mass is 19.3. The number of pyridine rings is 1. The lowest BCUT2D eigenvalue weighted by Crippen LogP contribution is -2.03. The Labute approximate surface area is 91.4 Å². The Morgan fingerprint density at radius 2 is 2.06 bits per heavy atom. The van der Waals surface area contributed by atoms with Crippen LogP contribution < -0.4 is 4.74 Å². The summed E-state index contributed by atoms with van der Waals surface area (Å²) < 4.78 is 28.2. The number of halogens is 2. The van der Waals surface area contributed by atoms with Crippen molar-refractivity contribution in [3.63, 3.8) is 0 Å². The van der Waals surface area contributed by atoms with Gasteiger partial charge in [0, 0.05) is 11.8 Å². The number of hydrogen-bond donors (Lipinski definition) is 1. The van der Waals surface area contributed by atoms with Crippen LogP contribution in [0.15, 0.2) is 18.2 Å². The number of hydrogen-bond acceptors (Lipinski definition) is 2. The Bertz CT molecular complexity index is 494. The van der Waals surface area contributed by atoms with E-state index in [-0.39, 0.29) is 5.88 Å². The van der Waals surface area contributed by atoms with E-state index >= 15 is 0 Å². The third kappa shape index (κ3) is 2.13. The predicted octanol–water partition coefficient (Wildman–Crippen LogP) is 3.29. The van der Waals surface area contributed by atoms with Crippen LogP contribution >= 0.6 is 0 Å². The number of rotatable bonds is 3. The number of ether oxygens (including phenoxy) is 1. The fraction of sp³-hybridized carbons (Fsp3) is 0.364. The molecule has 2 aromatic heterocycles. The number of alkyl halides is 2. The monoisotopic (exact) mass is 226 g/mol. The quantitative estimate of drug-likeness (QED) is 0.872. The van der Waals surface area contributed by atoms with Gasteiger partial charge in [0.05, 0.1) is 11.0 Å². The first-order valence-electron chi connectivity index (χ1n) is 5.00. The first-order valence-corrected chi connectivity index (χ1v) is 5.00. The van der Waals surface area contributed by atoms with Crippen molar-refractivity contribution in [2.24, 2.45) is 0 Å². The molecule has 2 heterocycles. The fourth-order valence-electron chi connectivity index (χ4n) is 1.48. The van der Waals surface area contributed by atoms with E-state index in [2.05, 4.69) is 14.7 Å². The SMILES string of the molecule is CC(C)c1cc2nc(OC(F)F)ccc2[nH]1. The average molecular weight is 226 g/mol. The van der Waals surface area contributed by atoms with Crippen LogP contribution in [-0.4, -0.2) is 16.6 Å². The van der Waals surface area contributed by atoms with Gasteiger partial charge in [-0.2, -0.15) is 8.78 Å².